The zero-order valence-electron chi connectivity index (χ0n) is 18.7. The van der Waals surface area contributed by atoms with E-state index in [1.807, 2.05) is 30.3 Å². The molecule has 0 aromatic heterocycles. The molecule has 1 N–H and O–H groups in total. The third-order valence-corrected chi connectivity index (χ3v) is 6.98. The first-order chi connectivity index (χ1) is 15.9. The van der Waals surface area contributed by atoms with Crippen molar-refractivity contribution in [3.05, 3.63) is 84.4 Å². The quantitative estimate of drug-likeness (QED) is 0.421. The Morgan fingerprint density at radius 2 is 1.42 bits per heavy atom. The summed E-state index contributed by atoms with van der Waals surface area (Å²) in [6, 6.07) is 22.4. The van der Waals surface area contributed by atoms with Crippen LogP contribution in [0, 0.1) is 0 Å². The van der Waals surface area contributed by atoms with E-state index in [4.69, 9.17) is 9.47 Å². The maximum atomic E-state index is 12.6. The second-order valence-corrected chi connectivity index (χ2v) is 9.04. The molecule has 0 radical (unpaired) electrons. The van der Waals surface area contributed by atoms with E-state index >= 15 is 0 Å². The molecule has 0 aliphatic carbocycles. The monoisotopic (exact) mass is 468 g/mol. The number of rotatable bonds is 11. The lowest BCUT2D eigenvalue weighted by Gasteiger charge is -2.18. The molecule has 1 amide bonds. The van der Waals surface area contributed by atoms with Crippen LogP contribution in [0.25, 0.3) is 0 Å². The van der Waals surface area contributed by atoms with Gasteiger partial charge in [0.05, 0.1) is 4.90 Å². The number of amides is 1. The van der Waals surface area contributed by atoms with Crippen molar-refractivity contribution in [1.82, 2.24) is 4.31 Å². The molecule has 0 heterocycles. The van der Waals surface area contributed by atoms with Crippen LogP contribution in [0.3, 0.4) is 0 Å². The molecule has 0 aliphatic heterocycles. The largest absolute Gasteiger partial charge is 0.490 e. The fourth-order valence-electron chi connectivity index (χ4n) is 3.19. The number of carbonyl (C=O) groups is 1. The summed E-state index contributed by atoms with van der Waals surface area (Å²) in [5.74, 6) is 1.01. The summed E-state index contributed by atoms with van der Waals surface area (Å²) < 4.78 is 37.9. The van der Waals surface area contributed by atoms with E-state index in [2.05, 4.69) is 5.32 Å². The normalized spacial score (nSPS) is 11.2. The Labute approximate surface area is 195 Å². The number of benzene rings is 3. The smallest absolute Gasteiger partial charge is 0.255 e. The van der Waals surface area contributed by atoms with E-state index in [1.54, 1.807) is 50.2 Å². The highest BCUT2D eigenvalue weighted by molar-refractivity contribution is 7.89. The Bertz CT molecular complexity index is 1140. The number of carbonyl (C=O) groups excluding carboxylic acids is 1. The predicted octanol–water partition coefficient (Wildman–Crippen LogP) is 4.43. The predicted molar refractivity (Wildman–Crippen MR) is 128 cm³/mol. The van der Waals surface area contributed by atoms with Crippen molar-refractivity contribution in [2.75, 3.05) is 31.6 Å². The molecular formula is C25H28N2O5S. The van der Waals surface area contributed by atoms with Crippen molar-refractivity contribution in [2.45, 2.75) is 18.7 Å². The number of nitrogens with zero attached hydrogens (tertiary/aromatic N) is 1. The number of para-hydroxylation sites is 1. The second-order valence-electron chi connectivity index (χ2n) is 7.11. The summed E-state index contributed by atoms with van der Waals surface area (Å²) in [5.41, 5.74) is 0.928. The van der Waals surface area contributed by atoms with E-state index in [0.29, 0.717) is 43.3 Å². The lowest BCUT2D eigenvalue weighted by Crippen LogP contribution is -2.30. The highest BCUT2D eigenvalue weighted by Crippen LogP contribution is 2.20. The van der Waals surface area contributed by atoms with Crippen LogP contribution in [0.1, 0.15) is 24.2 Å². The van der Waals surface area contributed by atoms with E-state index in [-0.39, 0.29) is 10.8 Å². The molecule has 0 fully saturated rings. The van der Waals surface area contributed by atoms with Crippen molar-refractivity contribution in [1.29, 1.82) is 0 Å². The maximum absolute atomic E-state index is 12.6. The molecule has 0 spiro atoms. The molecule has 0 saturated carbocycles. The summed E-state index contributed by atoms with van der Waals surface area (Å²) in [6.45, 7) is 5.10. The first-order valence-corrected chi connectivity index (χ1v) is 12.2. The summed E-state index contributed by atoms with van der Waals surface area (Å²) in [5, 5.41) is 2.78. The molecule has 8 heteroatoms. The van der Waals surface area contributed by atoms with Crippen molar-refractivity contribution in [3.63, 3.8) is 0 Å². The van der Waals surface area contributed by atoms with Gasteiger partial charge in [-0.15, -0.1) is 0 Å². The zero-order chi connectivity index (χ0) is 23.7. The highest BCUT2D eigenvalue weighted by atomic mass is 32.2. The van der Waals surface area contributed by atoms with Gasteiger partial charge in [-0.25, -0.2) is 8.42 Å². The van der Waals surface area contributed by atoms with Gasteiger partial charge in [0.15, 0.2) is 0 Å². The SMILES string of the molecule is CCN(CC)S(=O)(=O)c1ccc(NC(=O)c2cccc(OCCOc3ccccc3)c2)cc1. The average molecular weight is 469 g/mol. The Morgan fingerprint density at radius 1 is 0.818 bits per heavy atom. The van der Waals surface area contributed by atoms with Crippen molar-refractivity contribution in [3.8, 4) is 11.5 Å². The van der Waals surface area contributed by atoms with Crippen LogP contribution in [0.2, 0.25) is 0 Å². The lowest BCUT2D eigenvalue weighted by molar-refractivity contribution is 0.102. The van der Waals surface area contributed by atoms with Gasteiger partial charge in [0, 0.05) is 24.3 Å². The Kier molecular flexibility index (Phi) is 8.46. The summed E-state index contributed by atoms with van der Waals surface area (Å²) >= 11 is 0. The van der Waals surface area contributed by atoms with Gasteiger partial charge in [-0.3, -0.25) is 4.79 Å². The Hall–Kier alpha value is -3.36. The molecule has 3 rings (SSSR count). The number of sulfonamides is 1. The maximum Gasteiger partial charge on any atom is 0.255 e. The molecule has 0 atom stereocenters. The number of anilines is 1. The molecule has 174 valence electrons. The van der Waals surface area contributed by atoms with Crippen LogP contribution >= 0.6 is 0 Å². The Balaban J connectivity index is 1.57. The van der Waals surface area contributed by atoms with Gasteiger partial charge < -0.3 is 14.8 Å². The van der Waals surface area contributed by atoms with Gasteiger partial charge in [-0.1, -0.05) is 38.1 Å². The van der Waals surface area contributed by atoms with Gasteiger partial charge in [0.2, 0.25) is 10.0 Å². The highest BCUT2D eigenvalue weighted by Gasteiger charge is 2.21. The molecule has 0 bridgehead atoms. The minimum absolute atomic E-state index is 0.192. The third-order valence-electron chi connectivity index (χ3n) is 4.92. The van der Waals surface area contributed by atoms with Crippen molar-refractivity contribution in [2.24, 2.45) is 0 Å². The van der Waals surface area contributed by atoms with Crippen LogP contribution in [0.5, 0.6) is 11.5 Å². The average Bonchev–Trinajstić information content (AvgIpc) is 2.83. The molecule has 0 saturated heterocycles. The van der Waals surface area contributed by atoms with E-state index in [0.717, 1.165) is 5.75 Å². The van der Waals surface area contributed by atoms with Gasteiger partial charge in [-0.05, 0) is 54.6 Å². The van der Waals surface area contributed by atoms with Crippen LogP contribution in [0.15, 0.2) is 83.8 Å². The standard InChI is InChI=1S/C25H28N2O5S/c1-3-27(4-2)33(29,30)24-15-13-21(14-16-24)26-25(28)20-9-8-12-23(19-20)32-18-17-31-22-10-6-5-7-11-22/h5-16,19H,3-4,17-18H2,1-2H3,(H,26,28). The molecule has 7 nitrogen and oxygen atoms in total. The first-order valence-electron chi connectivity index (χ1n) is 10.8. The number of hydrogen-bond donors (Lipinski definition) is 1. The lowest BCUT2D eigenvalue weighted by atomic mass is 10.2. The minimum Gasteiger partial charge on any atom is -0.490 e. The first kappa shape index (κ1) is 24.3. The van der Waals surface area contributed by atoms with Crippen LogP contribution in [-0.2, 0) is 10.0 Å². The third kappa shape index (κ3) is 6.57. The number of nitrogens with one attached hydrogen (secondary N) is 1. The van der Waals surface area contributed by atoms with E-state index in [9.17, 15) is 13.2 Å². The number of ether oxygens (including phenoxy) is 2. The van der Waals surface area contributed by atoms with Gasteiger partial charge >= 0.3 is 0 Å². The van der Waals surface area contributed by atoms with Gasteiger partial charge in [0.25, 0.3) is 5.91 Å². The molecule has 0 unspecified atom stereocenters. The zero-order valence-corrected chi connectivity index (χ0v) is 19.5. The van der Waals surface area contributed by atoms with Gasteiger partial charge in [-0.2, -0.15) is 4.31 Å². The van der Waals surface area contributed by atoms with Crippen LogP contribution in [-0.4, -0.2) is 44.9 Å². The van der Waals surface area contributed by atoms with E-state index in [1.165, 1.54) is 16.4 Å². The molecule has 33 heavy (non-hydrogen) atoms. The van der Waals surface area contributed by atoms with Crippen molar-refractivity contribution < 1.29 is 22.7 Å². The number of hydrogen-bond acceptors (Lipinski definition) is 5. The molecule has 3 aromatic carbocycles. The fraction of sp³-hybridized carbons (Fsp3) is 0.240. The molecule has 3 aromatic rings. The molecular weight excluding hydrogens is 440 g/mol. The second kappa shape index (κ2) is 11.5. The van der Waals surface area contributed by atoms with Crippen LogP contribution < -0.4 is 14.8 Å². The van der Waals surface area contributed by atoms with Crippen LogP contribution in [0.4, 0.5) is 5.69 Å². The summed E-state index contributed by atoms with van der Waals surface area (Å²) in [4.78, 5) is 12.8. The van der Waals surface area contributed by atoms with Crippen molar-refractivity contribution >= 4 is 21.6 Å². The molecule has 0 aliphatic rings. The summed E-state index contributed by atoms with van der Waals surface area (Å²) in [7, 11) is -3.54. The fourth-order valence-corrected chi connectivity index (χ4v) is 4.65. The topological polar surface area (TPSA) is 84.9 Å². The Morgan fingerprint density at radius 3 is 2.06 bits per heavy atom. The summed E-state index contributed by atoms with van der Waals surface area (Å²) in [6.07, 6.45) is 0. The van der Waals surface area contributed by atoms with Gasteiger partial charge in [0.1, 0.15) is 24.7 Å². The minimum atomic E-state index is -3.54. The van der Waals surface area contributed by atoms with E-state index < -0.39 is 10.0 Å².